The summed E-state index contributed by atoms with van der Waals surface area (Å²) in [4.78, 5) is 4.79. The van der Waals surface area contributed by atoms with Crippen molar-refractivity contribution in [1.29, 1.82) is 5.26 Å². The summed E-state index contributed by atoms with van der Waals surface area (Å²) in [6.07, 6.45) is 4.95. The Kier molecular flexibility index (Phi) is 4.97. The Morgan fingerprint density at radius 2 is 1.86 bits per heavy atom. The van der Waals surface area contributed by atoms with Crippen molar-refractivity contribution < 1.29 is 0 Å². The highest BCUT2D eigenvalue weighted by molar-refractivity contribution is 5.59. The second-order valence-electron chi connectivity index (χ2n) is 6.66. The maximum absolute atomic E-state index is 9.30. The number of benzene rings is 1. The summed E-state index contributed by atoms with van der Waals surface area (Å²) in [6, 6.07) is 11.5. The van der Waals surface area contributed by atoms with Crippen molar-refractivity contribution in [3.8, 4) is 6.07 Å². The Morgan fingerprint density at radius 3 is 2.64 bits per heavy atom. The third kappa shape index (κ3) is 3.60. The van der Waals surface area contributed by atoms with Gasteiger partial charge in [0.2, 0.25) is 0 Å². The summed E-state index contributed by atoms with van der Waals surface area (Å²) in [7, 11) is 2.21. The zero-order valence-electron chi connectivity index (χ0n) is 13.5. The molecule has 0 radical (unpaired) electrons. The van der Waals surface area contributed by atoms with Gasteiger partial charge in [-0.2, -0.15) is 5.26 Å². The topological polar surface area (TPSA) is 42.3 Å². The van der Waals surface area contributed by atoms with Crippen LogP contribution in [0.15, 0.2) is 24.3 Å². The predicted octanol–water partition coefficient (Wildman–Crippen LogP) is 2.21. The first kappa shape index (κ1) is 15.3. The lowest BCUT2D eigenvalue weighted by molar-refractivity contribution is 0.219. The van der Waals surface area contributed by atoms with E-state index in [1.807, 2.05) is 18.2 Å². The van der Waals surface area contributed by atoms with E-state index < -0.39 is 0 Å². The molecule has 2 aliphatic rings. The zero-order valence-corrected chi connectivity index (χ0v) is 13.5. The molecule has 0 saturated carbocycles. The number of nitriles is 1. The van der Waals surface area contributed by atoms with Crippen molar-refractivity contribution in [2.45, 2.75) is 37.8 Å². The van der Waals surface area contributed by atoms with E-state index in [-0.39, 0.29) is 0 Å². The van der Waals surface area contributed by atoms with Gasteiger partial charge >= 0.3 is 0 Å². The molecule has 0 amide bonds. The van der Waals surface area contributed by atoms with Crippen LogP contribution < -0.4 is 10.2 Å². The molecule has 1 unspecified atom stereocenters. The molecular weight excluding hydrogens is 272 g/mol. The van der Waals surface area contributed by atoms with E-state index in [9.17, 15) is 5.26 Å². The van der Waals surface area contributed by atoms with Gasteiger partial charge in [-0.15, -0.1) is 0 Å². The molecule has 1 aromatic rings. The lowest BCUT2D eigenvalue weighted by Gasteiger charge is -2.38. The van der Waals surface area contributed by atoms with Crippen LogP contribution in [0.5, 0.6) is 0 Å². The lowest BCUT2D eigenvalue weighted by atomic mass is 9.99. The van der Waals surface area contributed by atoms with Crippen LogP contribution in [0, 0.1) is 11.3 Å². The highest BCUT2D eigenvalue weighted by atomic mass is 15.2. The molecule has 0 bridgehead atoms. The summed E-state index contributed by atoms with van der Waals surface area (Å²) in [5.74, 6) is 0. The molecule has 22 heavy (non-hydrogen) atoms. The standard InChI is InChI=1S/C18H26N4/c1-21-11-8-16(9-12-21)20-17-6-4-10-22(14-17)18-7-3-2-5-15(18)13-19/h2-3,5,7,16-17,20H,4,6,8-12,14H2,1H3. The van der Waals surface area contributed by atoms with Crippen LogP contribution in [0.3, 0.4) is 0 Å². The third-order valence-corrected chi connectivity index (χ3v) is 4.98. The number of rotatable bonds is 3. The number of para-hydroxylation sites is 1. The summed E-state index contributed by atoms with van der Waals surface area (Å²) in [5.41, 5.74) is 1.89. The molecule has 1 aromatic carbocycles. The van der Waals surface area contributed by atoms with Gasteiger partial charge in [-0.3, -0.25) is 0 Å². The van der Waals surface area contributed by atoms with Crippen molar-refractivity contribution in [1.82, 2.24) is 10.2 Å². The molecule has 0 spiro atoms. The Labute approximate surface area is 133 Å². The first-order valence-corrected chi connectivity index (χ1v) is 8.45. The number of nitrogens with zero attached hydrogens (tertiary/aromatic N) is 3. The summed E-state index contributed by atoms with van der Waals surface area (Å²) in [5, 5.41) is 13.2. The molecule has 118 valence electrons. The minimum atomic E-state index is 0.550. The Morgan fingerprint density at radius 1 is 1.09 bits per heavy atom. The Balaban J connectivity index is 1.61. The summed E-state index contributed by atoms with van der Waals surface area (Å²) < 4.78 is 0. The van der Waals surface area contributed by atoms with Crippen molar-refractivity contribution in [2.75, 3.05) is 38.1 Å². The monoisotopic (exact) mass is 298 g/mol. The second-order valence-corrected chi connectivity index (χ2v) is 6.66. The van der Waals surface area contributed by atoms with Gasteiger partial charge in [-0.05, 0) is 58.0 Å². The second kappa shape index (κ2) is 7.13. The van der Waals surface area contributed by atoms with Gasteiger partial charge < -0.3 is 15.1 Å². The molecule has 4 nitrogen and oxygen atoms in total. The zero-order chi connectivity index (χ0) is 15.4. The van der Waals surface area contributed by atoms with Gasteiger partial charge in [0.1, 0.15) is 6.07 Å². The first-order chi connectivity index (χ1) is 10.8. The van der Waals surface area contributed by atoms with Crippen LogP contribution in [-0.2, 0) is 0 Å². The van der Waals surface area contributed by atoms with E-state index in [4.69, 9.17) is 0 Å². The highest BCUT2D eigenvalue weighted by Gasteiger charge is 2.25. The van der Waals surface area contributed by atoms with Crippen LogP contribution >= 0.6 is 0 Å². The van der Waals surface area contributed by atoms with E-state index in [2.05, 4.69) is 34.3 Å². The molecular formula is C18H26N4. The molecule has 2 heterocycles. The first-order valence-electron chi connectivity index (χ1n) is 8.45. The quantitative estimate of drug-likeness (QED) is 0.929. The number of likely N-dealkylation sites (tertiary alicyclic amines) is 1. The predicted molar refractivity (Wildman–Crippen MR) is 90.0 cm³/mol. The molecule has 0 aromatic heterocycles. The average Bonchev–Trinajstić information content (AvgIpc) is 2.57. The van der Waals surface area contributed by atoms with E-state index in [1.54, 1.807) is 0 Å². The van der Waals surface area contributed by atoms with E-state index in [0.29, 0.717) is 12.1 Å². The highest BCUT2D eigenvalue weighted by Crippen LogP contribution is 2.24. The van der Waals surface area contributed by atoms with Gasteiger partial charge in [0.05, 0.1) is 11.3 Å². The van der Waals surface area contributed by atoms with E-state index in [0.717, 1.165) is 24.3 Å². The van der Waals surface area contributed by atoms with Crippen LogP contribution in [0.25, 0.3) is 0 Å². The molecule has 1 atom stereocenters. The molecule has 3 rings (SSSR count). The SMILES string of the molecule is CN1CCC(NC2CCCN(c3ccccc3C#N)C2)CC1. The smallest absolute Gasteiger partial charge is 0.101 e. The molecule has 2 fully saturated rings. The number of nitrogens with one attached hydrogen (secondary N) is 1. The number of hydrogen-bond donors (Lipinski definition) is 1. The van der Waals surface area contributed by atoms with Crippen LogP contribution in [0.1, 0.15) is 31.2 Å². The largest absolute Gasteiger partial charge is 0.369 e. The van der Waals surface area contributed by atoms with Crippen LogP contribution in [-0.4, -0.2) is 50.2 Å². The van der Waals surface area contributed by atoms with Gasteiger partial charge in [0.15, 0.2) is 0 Å². The Bertz CT molecular complexity index is 528. The van der Waals surface area contributed by atoms with E-state index in [1.165, 1.54) is 38.8 Å². The van der Waals surface area contributed by atoms with Gasteiger partial charge in [-0.25, -0.2) is 0 Å². The maximum atomic E-state index is 9.30. The fraction of sp³-hybridized carbons (Fsp3) is 0.611. The van der Waals surface area contributed by atoms with Gasteiger partial charge in [0, 0.05) is 25.2 Å². The number of piperidine rings is 2. The normalized spacial score (nSPS) is 24.2. The minimum absolute atomic E-state index is 0.550. The molecule has 1 N–H and O–H groups in total. The van der Waals surface area contributed by atoms with Gasteiger partial charge in [0.25, 0.3) is 0 Å². The van der Waals surface area contributed by atoms with Crippen LogP contribution in [0.2, 0.25) is 0 Å². The van der Waals surface area contributed by atoms with Crippen molar-refractivity contribution in [2.24, 2.45) is 0 Å². The molecule has 0 aliphatic carbocycles. The fourth-order valence-corrected chi connectivity index (χ4v) is 3.68. The number of hydrogen-bond acceptors (Lipinski definition) is 4. The van der Waals surface area contributed by atoms with Crippen LogP contribution in [0.4, 0.5) is 5.69 Å². The Hall–Kier alpha value is -1.57. The summed E-state index contributed by atoms with van der Waals surface area (Å²) in [6.45, 7) is 4.48. The lowest BCUT2D eigenvalue weighted by Crippen LogP contribution is -2.51. The summed E-state index contributed by atoms with van der Waals surface area (Å²) >= 11 is 0. The van der Waals surface area contributed by atoms with Crippen molar-refractivity contribution >= 4 is 5.69 Å². The van der Waals surface area contributed by atoms with Crippen molar-refractivity contribution in [3.05, 3.63) is 29.8 Å². The van der Waals surface area contributed by atoms with Crippen molar-refractivity contribution in [3.63, 3.8) is 0 Å². The average molecular weight is 298 g/mol. The van der Waals surface area contributed by atoms with Gasteiger partial charge in [-0.1, -0.05) is 12.1 Å². The third-order valence-electron chi connectivity index (χ3n) is 4.98. The van der Waals surface area contributed by atoms with E-state index >= 15 is 0 Å². The maximum Gasteiger partial charge on any atom is 0.101 e. The molecule has 2 saturated heterocycles. The fourth-order valence-electron chi connectivity index (χ4n) is 3.68. The molecule has 4 heteroatoms. The minimum Gasteiger partial charge on any atom is -0.369 e. The number of anilines is 1. The molecule has 2 aliphatic heterocycles.